The van der Waals surface area contributed by atoms with Crippen molar-refractivity contribution < 1.29 is 52.1 Å². The predicted molar refractivity (Wildman–Crippen MR) is 82.3 cm³/mol. The number of amides is 3. The molecule has 0 aliphatic rings. The Morgan fingerprint density at radius 2 is 1.61 bits per heavy atom. The van der Waals surface area contributed by atoms with Crippen LogP contribution in [0.3, 0.4) is 0 Å². The van der Waals surface area contributed by atoms with E-state index >= 15 is 0 Å². The van der Waals surface area contributed by atoms with Crippen LogP contribution in [0.25, 0.3) is 0 Å². The van der Waals surface area contributed by atoms with Crippen LogP contribution in [0.2, 0.25) is 0 Å². The minimum absolute atomic E-state index is 0.613. The van der Waals surface area contributed by atoms with Gasteiger partial charge in [-0.25, -0.2) is 9.59 Å². The first-order valence-electron chi connectivity index (χ1n) is 7.49. The van der Waals surface area contributed by atoms with Crippen molar-refractivity contribution in [3.8, 4) is 0 Å². The van der Waals surface area contributed by atoms with E-state index in [0.717, 1.165) is 0 Å². The normalized spacial score (nSPS) is 14.2. The maximum Gasteiger partial charge on any atom is 0.490 e. The van der Waals surface area contributed by atoms with E-state index in [4.69, 9.17) is 15.9 Å². The number of alkyl halides is 3. The van der Waals surface area contributed by atoms with Gasteiger partial charge < -0.3 is 36.6 Å². The summed E-state index contributed by atoms with van der Waals surface area (Å²) in [7, 11) is 0. The number of aliphatic hydroxyl groups is 1. The summed E-state index contributed by atoms with van der Waals surface area (Å²) in [5.74, 6) is -7.25. The van der Waals surface area contributed by atoms with E-state index < -0.39 is 73.7 Å². The van der Waals surface area contributed by atoms with Crippen LogP contribution in [0.4, 0.5) is 13.2 Å². The third-order valence-corrected chi connectivity index (χ3v) is 2.94. The van der Waals surface area contributed by atoms with Crippen LogP contribution in [-0.4, -0.2) is 83.9 Å². The number of carboxylic acids is 1. The number of aliphatic hydroxyl groups excluding tert-OH is 1. The molecule has 0 bridgehead atoms. The van der Waals surface area contributed by atoms with Gasteiger partial charge in [0.2, 0.25) is 17.7 Å². The van der Waals surface area contributed by atoms with Gasteiger partial charge in [-0.3, -0.25) is 14.4 Å². The monoisotopic (exact) mass is 416 g/mol. The molecule has 3 amide bonds. The molecule has 0 fully saturated rings. The second-order valence-electron chi connectivity index (χ2n) is 5.32. The van der Waals surface area contributed by atoms with Crippen molar-refractivity contribution >= 4 is 29.7 Å². The van der Waals surface area contributed by atoms with Gasteiger partial charge in [0.1, 0.15) is 12.6 Å². The van der Waals surface area contributed by atoms with Crippen LogP contribution in [0.15, 0.2) is 0 Å². The summed E-state index contributed by atoms with van der Waals surface area (Å²) in [6.07, 6.45) is -6.50. The quantitative estimate of drug-likeness (QED) is 0.197. The summed E-state index contributed by atoms with van der Waals surface area (Å²) in [6, 6.07) is -3.27. The Hall–Kier alpha value is -2.94. The van der Waals surface area contributed by atoms with E-state index in [2.05, 4.69) is 10.1 Å². The Bertz CT molecular complexity index is 611. The minimum Gasteiger partial charge on any atom is -0.480 e. The minimum atomic E-state index is -5.33. The summed E-state index contributed by atoms with van der Waals surface area (Å²) < 4.78 is 39.7. The maximum absolute atomic E-state index is 12.0. The molecular weight excluding hydrogens is 397 g/mol. The summed E-state index contributed by atoms with van der Waals surface area (Å²) in [5, 5.41) is 23.7. The molecule has 0 spiro atoms. The van der Waals surface area contributed by atoms with Crippen molar-refractivity contribution in [3.63, 3.8) is 0 Å². The molecule has 0 aromatic carbocycles. The Morgan fingerprint density at radius 1 is 1.07 bits per heavy atom. The number of rotatable bonds is 10. The van der Waals surface area contributed by atoms with E-state index in [1.165, 1.54) is 6.92 Å². The van der Waals surface area contributed by atoms with E-state index in [1.54, 1.807) is 5.32 Å². The van der Waals surface area contributed by atoms with Crippen molar-refractivity contribution in [1.82, 2.24) is 16.0 Å². The zero-order valence-electron chi connectivity index (χ0n) is 14.4. The molecule has 0 saturated carbocycles. The van der Waals surface area contributed by atoms with Crippen LogP contribution in [0.1, 0.15) is 6.92 Å². The Labute approximate surface area is 155 Å². The van der Waals surface area contributed by atoms with Gasteiger partial charge in [0.25, 0.3) is 0 Å². The predicted octanol–water partition coefficient (Wildman–Crippen LogP) is -3.40. The fourth-order valence-corrected chi connectivity index (χ4v) is 1.41. The highest BCUT2D eigenvalue weighted by Crippen LogP contribution is 2.16. The topological polar surface area (TPSA) is 197 Å². The molecule has 160 valence electrons. The smallest absolute Gasteiger partial charge is 0.480 e. The molecule has 0 rings (SSSR count). The van der Waals surface area contributed by atoms with Crippen molar-refractivity contribution in [2.75, 3.05) is 19.7 Å². The van der Waals surface area contributed by atoms with Gasteiger partial charge in [0.15, 0.2) is 6.04 Å². The van der Waals surface area contributed by atoms with Gasteiger partial charge in [-0.05, 0) is 6.92 Å². The fourth-order valence-electron chi connectivity index (χ4n) is 1.41. The molecule has 28 heavy (non-hydrogen) atoms. The summed E-state index contributed by atoms with van der Waals surface area (Å²) in [5.41, 5.74) is 5.31. The van der Waals surface area contributed by atoms with Gasteiger partial charge in [0.05, 0.1) is 19.2 Å². The first-order chi connectivity index (χ1) is 12.8. The van der Waals surface area contributed by atoms with E-state index in [-0.39, 0.29) is 0 Å². The molecule has 15 heteroatoms. The second-order valence-corrected chi connectivity index (χ2v) is 5.32. The molecule has 0 aromatic heterocycles. The third kappa shape index (κ3) is 9.67. The number of hydrogen-bond donors (Lipinski definition) is 6. The molecule has 7 N–H and O–H groups in total. The standard InChI is InChI=1S/C13H19F3N4O8/c1-5(21)9(17)10(24)19-2-7(22)18-3-8(23)20-6(11(25)26)4-28-12(27)13(14,15)16/h5-6,9,21H,2-4,17H2,1H3,(H,18,22)(H,19,24)(H,20,23)(H,25,26)/t5-,6-,9-/m0/s1. The lowest BCUT2D eigenvalue weighted by Crippen LogP contribution is -2.51. The zero-order valence-corrected chi connectivity index (χ0v) is 14.4. The Morgan fingerprint density at radius 3 is 2.07 bits per heavy atom. The van der Waals surface area contributed by atoms with Crippen LogP contribution in [0, 0.1) is 0 Å². The maximum atomic E-state index is 12.0. The Kier molecular flexibility index (Phi) is 9.87. The van der Waals surface area contributed by atoms with Crippen molar-refractivity contribution in [2.24, 2.45) is 5.73 Å². The highest BCUT2D eigenvalue weighted by molar-refractivity contribution is 5.91. The number of ether oxygens (including phenoxy) is 1. The lowest BCUT2D eigenvalue weighted by atomic mass is 10.2. The molecule has 0 aliphatic carbocycles. The number of halogens is 3. The molecule has 3 atom stereocenters. The number of hydrogen-bond acceptors (Lipinski definition) is 8. The van der Waals surface area contributed by atoms with Crippen LogP contribution in [0.5, 0.6) is 0 Å². The van der Waals surface area contributed by atoms with Crippen molar-refractivity contribution in [2.45, 2.75) is 31.3 Å². The first-order valence-corrected chi connectivity index (χ1v) is 7.49. The second kappa shape index (κ2) is 11.0. The molecule has 0 unspecified atom stereocenters. The van der Waals surface area contributed by atoms with Crippen molar-refractivity contribution in [1.29, 1.82) is 0 Å². The molecule has 12 nitrogen and oxygen atoms in total. The summed E-state index contributed by atoms with van der Waals surface area (Å²) in [6.45, 7) is -1.44. The van der Waals surface area contributed by atoms with Crippen LogP contribution < -0.4 is 21.7 Å². The third-order valence-electron chi connectivity index (χ3n) is 2.94. The summed E-state index contributed by atoms with van der Waals surface area (Å²) >= 11 is 0. The lowest BCUT2D eigenvalue weighted by molar-refractivity contribution is -0.200. The number of nitrogens with two attached hydrogens (primary N) is 1. The van der Waals surface area contributed by atoms with Gasteiger partial charge >= 0.3 is 18.1 Å². The van der Waals surface area contributed by atoms with E-state index in [0.29, 0.717) is 0 Å². The lowest BCUT2D eigenvalue weighted by Gasteiger charge is -2.16. The number of carbonyl (C=O) groups is 5. The first kappa shape index (κ1) is 25.1. The molecule has 0 heterocycles. The number of carbonyl (C=O) groups excluding carboxylic acids is 4. The number of carboxylic acid groups (broad SMARTS) is 1. The SMILES string of the molecule is C[C@H](O)[C@H](N)C(=O)NCC(=O)NCC(=O)N[C@@H](COC(=O)C(F)(F)F)C(=O)O. The largest absolute Gasteiger partial charge is 0.490 e. The zero-order chi connectivity index (χ0) is 22.1. The van der Waals surface area contributed by atoms with Gasteiger partial charge in [0, 0.05) is 0 Å². The van der Waals surface area contributed by atoms with Gasteiger partial charge in [-0.1, -0.05) is 0 Å². The number of aliphatic carboxylic acids is 1. The van der Waals surface area contributed by atoms with Crippen molar-refractivity contribution in [3.05, 3.63) is 0 Å². The number of nitrogens with one attached hydrogen (secondary N) is 3. The highest BCUT2D eigenvalue weighted by atomic mass is 19.4. The van der Waals surface area contributed by atoms with E-state index in [1.807, 2.05) is 5.32 Å². The number of esters is 1. The van der Waals surface area contributed by atoms with Gasteiger partial charge in [-0.2, -0.15) is 13.2 Å². The summed E-state index contributed by atoms with van der Waals surface area (Å²) in [4.78, 5) is 55.8. The van der Waals surface area contributed by atoms with Gasteiger partial charge in [-0.15, -0.1) is 0 Å². The molecular formula is C13H19F3N4O8. The average molecular weight is 416 g/mol. The van der Waals surface area contributed by atoms with Crippen LogP contribution >= 0.6 is 0 Å². The molecule has 0 saturated heterocycles. The van der Waals surface area contributed by atoms with Crippen LogP contribution in [-0.2, 0) is 28.7 Å². The fraction of sp³-hybridized carbons (Fsp3) is 0.615. The molecule has 0 aliphatic heterocycles. The average Bonchev–Trinajstić information content (AvgIpc) is 2.58. The molecule has 0 radical (unpaired) electrons. The highest BCUT2D eigenvalue weighted by Gasteiger charge is 2.41. The molecule has 0 aromatic rings. The van der Waals surface area contributed by atoms with E-state index in [9.17, 15) is 37.1 Å². The Balaban J connectivity index is 4.38.